The van der Waals surface area contributed by atoms with Gasteiger partial charge < -0.3 is 10.2 Å². The number of hydrogen-bond acceptors (Lipinski definition) is 5. The van der Waals surface area contributed by atoms with Gasteiger partial charge in [0, 0.05) is 36.2 Å². The van der Waals surface area contributed by atoms with Gasteiger partial charge in [-0.1, -0.05) is 60.7 Å². The molecule has 0 fully saturated rings. The first-order chi connectivity index (χ1) is 13.1. The predicted molar refractivity (Wildman–Crippen MR) is 119 cm³/mol. The molecule has 2 rings (SSSR count). The van der Waals surface area contributed by atoms with Gasteiger partial charge in [-0.3, -0.25) is 4.90 Å². The van der Waals surface area contributed by atoms with Crippen molar-refractivity contribution in [2.75, 3.05) is 13.2 Å². The number of aliphatic hydroxyl groups is 2. The zero-order chi connectivity index (χ0) is 19.5. The second-order valence-electron chi connectivity index (χ2n) is 6.95. The van der Waals surface area contributed by atoms with Gasteiger partial charge in [0.25, 0.3) is 0 Å². The number of hydrogen-bond donors (Lipinski definition) is 4. The number of thiol groups is 2. The van der Waals surface area contributed by atoms with Crippen LogP contribution in [0.1, 0.15) is 30.4 Å². The van der Waals surface area contributed by atoms with Crippen LogP contribution in [0.3, 0.4) is 0 Å². The average molecular weight is 406 g/mol. The molecule has 148 valence electrons. The second kappa shape index (κ2) is 12.5. The van der Waals surface area contributed by atoms with Crippen LogP contribution < -0.4 is 0 Å². The third-order valence-electron chi connectivity index (χ3n) is 4.80. The summed E-state index contributed by atoms with van der Waals surface area (Å²) in [6.07, 6.45) is 2.30. The van der Waals surface area contributed by atoms with Gasteiger partial charge in [-0.15, -0.1) is 0 Å². The molecule has 0 saturated carbocycles. The zero-order valence-electron chi connectivity index (χ0n) is 15.7. The van der Waals surface area contributed by atoms with Gasteiger partial charge in [-0.25, -0.2) is 0 Å². The summed E-state index contributed by atoms with van der Waals surface area (Å²) in [7, 11) is 0. The highest BCUT2D eigenvalue weighted by atomic mass is 32.1. The van der Waals surface area contributed by atoms with Crippen molar-refractivity contribution < 1.29 is 10.2 Å². The molecular formula is C22H31NO2S2. The van der Waals surface area contributed by atoms with Crippen molar-refractivity contribution >= 4 is 25.3 Å². The molecule has 2 aromatic carbocycles. The van der Waals surface area contributed by atoms with Gasteiger partial charge in [-0.2, -0.15) is 25.3 Å². The quantitative estimate of drug-likeness (QED) is 0.406. The van der Waals surface area contributed by atoms with Gasteiger partial charge >= 0.3 is 0 Å². The fourth-order valence-electron chi connectivity index (χ4n) is 3.22. The minimum Gasteiger partial charge on any atom is -0.396 e. The van der Waals surface area contributed by atoms with Crippen LogP contribution in [0.5, 0.6) is 0 Å². The van der Waals surface area contributed by atoms with E-state index < -0.39 is 0 Å². The van der Waals surface area contributed by atoms with E-state index in [1.165, 1.54) is 11.1 Å². The Balaban J connectivity index is 2.10. The lowest BCUT2D eigenvalue weighted by Crippen LogP contribution is -2.40. The topological polar surface area (TPSA) is 43.7 Å². The standard InChI is InChI=1S/C22H31NO2S2/c24-13-7-12-21(26)22(27)14-20(17-25)23(15-18-8-3-1-4-9-18)16-19-10-5-2-6-11-19/h1-6,8-11,20-22,24-27H,7,12-17H2. The maximum atomic E-state index is 10.1. The largest absolute Gasteiger partial charge is 0.396 e. The Labute approximate surface area is 174 Å². The van der Waals surface area contributed by atoms with Crippen molar-refractivity contribution in [3.63, 3.8) is 0 Å². The highest BCUT2D eigenvalue weighted by Crippen LogP contribution is 2.23. The van der Waals surface area contributed by atoms with Crippen molar-refractivity contribution in [3.05, 3.63) is 71.8 Å². The van der Waals surface area contributed by atoms with Gasteiger partial charge in [0.1, 0.15) is 0 Å². The highest BCUT2D eigenvalue weighted by molar-refractivity contribution is 7.85. The highest BCUT2D eigenvalue weighted by Gasteiger charge is 2.24. The van der Waals surface area contributed by atoms with Crippen molar-refractivity contribution in [1.82, 2.24) is 4.90 Å². The summed E-state index contributed by atoms with van der Waals surface area (Å²) in [6, 6.07) is 20.7. The first-order valence-electron chi connectivity index (χ1n) is 9.53. The van der Waals surface area contributed by atoms with Crippen LogP contribution in [-0.2, 0) is 13.1 Å². The van der Waals surface area contributed by atoms with Crippen LogP contribution >= 0.6 is 25.3 Å². The first kappa shape index (κ1) is 22.3. The molecule has 5 heteroatoms. The number of rotatable bonds is 12. The molecule has 0 aliphatic carbocycles. The Bertz CT molecular complexity index is 585. The van der Waals surface area contributed by atoms with E-state index in [0.29, 0.717) is 0 Å². The molecule has 3 nitrogen and oxygen atoms in total. The van der Waals surface area contributed by atoms with Crippen LogP contribution in [0.15, 0.2) is 60.7 Å². The van der Waals surface area contributed by atoms with E-state index >= 15 is 0 Å². The SMILES string of the molecule is OCCCC(S)C(S)CC(CO)N(Cc1ccccc1)Cc1ccccc1. The lowest BCUT2D eigenvalue weighted by molar-refractivity contribution is 0.102. The van der Waals surface area contributed by atoms with Crippen LogP contribution in [0.2, 0.25) is 0 Å². The molecule has 2 aromatic rings. The van der Waals surface area contributed by atoms with Crippen molar-refractivity contribution in [2.24, 2.45) is 0 Å². The molecule has 2 N–H and O–H groups in total. The third-order valence-corrected chi connectivity index (χ3v) is 6.22. The van der Waals surface area contributed by atoms with E-state index in [0.717, 1.165) is 32.4 Å². The molecule has 0 amide bonds. The summed E-state index contributed by atoms with van der Waals surface area (Å²) >= 11 is 9.39. The summed E-state index contributed by atoms with van der Waals surface area (Å²) in [6.45, 7) is 1.80. The van der Waals surface area contributed by atoms with Crippen molar-refractivity contribution in [2.45, 2.75) is 48.9 Å². The van der Waals surface area contributed by atoms with Crippen LogP contribution in [0, 0.1) is 0 Å². The van der Waals surface area contributed by atoms with E-state index in [4.69, 9.17) is 17.7 Å². The van der Waals surface area contributed by atoms with Gasteiger partial charge in [0.2, 0.25) is 0 Å². The fourth-order valence-corrected chi connectivity index (χ4v) is 3.91. The maximum Gasteiger partial charge on any atom is 0.0587 e. The molecule has 0 spiro atoms. The van der Waals surface area contributed by atoms with E-state index in [-0.39, 0.29) is 29.8 Å². The van der Waals surface area contributed by atoms with Gasteiger partial charge in [0.15, 0.2) is 0 Å². The lowest BCUT2D eigenvalue weighted by atomic mass is 10.0. The molecule has 3 atom stereocenters. The van der Waals surface area contributed by atoms with E-state index in [2.05, 4.69) is 41.8 Å². The number of benzene rings is 2. The number of aliphatic hydroxyl groups excluding tert-OH is 2. The van der Waals surface area contributed by atoms with Crippen LogP contribution in [0.4, 0.5) is 0 Å². The molecule has 0 aliphatic rings. The van der Waals surface area contributed by atoms with Gasteiger partial charge in [0.05, 0.1) is 6.61 Å². The summed E-state index contributed by atoms with van der Waals surface area (Å²) in [5, 5.41) is 19.3. The van der Waals surface area contributed by atoms with Crippen LogP contribution in [-0.4, -0.2) is 44.9 Å². The van der Waals surface area contributed by atoms with E-state index in [1.54, 1.807) is 0 Å². The molecule has 0 aliphatic heterocycles. The molecule has 0 heterocycles. The zero-order valence-corrected chi connectivity index (χ0v) is 17.5. The summed E-state index contributed by atoms with van der Waals surface area (Å²) in [5.41, 5.74) is 2.45. The molecule has 0 bridgehead atoms. The van der Waals surface area contributed by atoms with E-state index in [9.17, 15) is 5.11 Å². The molecule has 0 radical (unpaired) electrons. The van der Waals surface area contributed by atoms with Crippen molar-refractivity contribution in [1.29, 1.82) is 0 Å². The number of nitrogens with zero attached hydrogens (tertiary/aromatic N) is 1. The first-order valence-corrected chi connectivity index (χ1v) is 10.6. The van der Waals surface area contributed by atoms with Crippen molar-refractivity contribution in [3.8, 4) is 0 Å². The lowest BCUT2D eigenvalue weighted by Gasteiger charge is -2.33. The Kier molecular flexibility index (Phi) is 10.3. The summed E-state index contributed by atoms with van der Waals surface area (Å²) in [4.78, 5) is 2.32. The van der Waals surface area contributed by atoms with Gasteiger partial charge in [-0.05, 0) is 30.4 Å². The molecular weight excluding hydrogens is 374 g/mol. The minimum atomic E-state index is -0.00307. The Morgan fingerprint density at radius 3 is 1.74 bits per heavy atom. The Hall–Kier alpha value is -0.980. The maximum absolute atomic E-state index is 10.1. The molecule has 0 saturated heterocycles. The minimum absolute atomic E-state index is 0.00307. The fraction of sp³-hybridized carbons (Fsp3) is 0.455. The monoisotopic (exact) mass is 405 g/mol. The summed E-state index contributed by atoms with van der Waals surface area (Å²) in [5.74, 6) is 0. The smallest absolute Gasteiger partial charge is 0.0587 e. The third kappa shape index (κ3) is 7.88. The predicted octanol–water partition coefficient (Wildman–Crippen LogP) is 3.81. The Morgan fingerprint density at radius 1 is 0.778 bits per heavy atom. The second-order valence-corrected chi connectivity index (χ2v) is 8.28. The average Bonchev–Trinajstić information content (AvgIpc) is 2.71. The summed E-state index contributed by atoms with van der Waals surface area (Å²) < 4.78 is 0. The molecule has 27 heavy (non-hydrogen) atoms. The van der Waals surface area contributed by atoms with Crippen LogP contribution in [0.25, 0.3) is 0 Å². The normalized spacial score (nSPS) is 14.9. The molecule has 0 aromatic heterocycles. The Morgan fingerprint density at radius 2 is 1.30 bits per heavy atom. The molecule has 3 unspecified atom stereocenters. The van der Waals surface area contributed by atoms with E-state index in [1.807, 2.05) is 36.4 Å².